The first-order valence-electron chi connectivity index (χ1n) is 4.09. The average molecular weight is 230 g/mol. The zero-order valence-corrected chi connectivity index (χ0v) is 9.32. The molecule has 1 heterocycles. The largest absolute Gasteiger partial charge is 0.465 e. The fraction of sp³-hybridized carbons (Fsp3) is 0.333. The van der Waals surface area contributed by atoms with Crippen LogP contribution in [0.25, 0.3) is 0 Å². The Bertz CT molecular complexity index is 320. The molecule has 3 nitrogen and oxygen atoms in total. The van der Waals surface area contributed by atoms with E-state index in [1.807, 2.05) is 11.4 Å². The van der Waals surface area contributed by atoms with Gasteiger partial charge in [0.05, 0.1) is 17.2 Å². The number of hydrogen-bond donors (Lipinski definition) is 0. The van der Waals surface area contributed by atoms with Crippen LogP contribution < -0.4 is 0 Å². The Labute approximate surface area is 90.5 Å². The molecule has 5 heteroatoms. The zero-order chi connectivity index (χ0) is 10.4. The Morgan fingerprint density at radius 3 is 3.14 bits per heavy atom. The van der Waals surface area contributed by atoms with Crippen molar-refractivity contribution in [3.63, 3.8) is 0 Å². The molecule has 0 radical (unpaired) electrons. The van der Waals surface area contributed by atoms with Crippen LogP contribution in [0.1, 0.15) is 16.6 Å². The number of thiophene rings is 1. The van der Waals surface area contributed by atoms with Crippen LogP contribution in [0.2, 0.25) is 0 Å². The molecule has 0 spiro atoms. The Hall–Kier alpha value is -0.810. The molecule has 0 unspecified atom stereocenters. The van der Waals surface area contributed by atoms with Gasteiger partial charge in [0.25, 0.3) is 0 Å². The van der Waals surface area contributed by atoms with E-state index in [1.54, 1.807) is 6.92 Å². The van der Waals surface area contributed by atoms with E-state index >= 15 is 0 Å². The fourth-order valence-corrected chi connectivity index (χ4v) is 2.56. The lowest BCUT2D eigenvalue weighted by Gasteiger charge is -2.00. The number of esters is 1. The zero-order valence-electron chi connectivity index (χ0n) is 7.69. The van der Waals surface area contributed by atoms with E-state index in [0.29, 0.717) is 11.5 Å². The third kappa shape index (κ3) is 3.16. The summed E-state index contributed by atoms with van der Waals surface area (Å²) in [6, 6.07) is 1.83. The maximum Gasteiger partial charge on any atom is 0.316 e. The van der Waals surface area contributed by atoms with E-state index in [4.69, 9.17) is 4.74 Å². The first kappa shape index (κ1) is 11.3. The Kier molecular flexibility index (Phi) is 4.69. The van der Waals surface area contributed by atoms with Crippen LogP contribution in [0, 0.1) is 0 Å². The lowest BCUT2D eigenvalue weighted by molar-refractivity contribution is -0.139. The van der Waals surface area contributed by atoms with Gasteiger partial charge in [-0.05, 0) is 18.4 Å². The van der Waals surface area contributed by atoms with Gasteiger partial charge in [-0.15, -0.1) is 23.1 Å². The Balaban J connectivity index is 2.45. The van der Waals surface area contributed by atoms with Crippen molar-refractivity contribution in [2.24, 2.45) is 0 Å². The van der Waals surface area contributed by atoms with Crippen LogP contribution >= 0.6 is 23.1 Å². The first-order valence-corrected chi connectivity index (χ1v) is 5.95. The highest BCUT2D eigenvalue weighted by Crippen LogP contribution is 2.25. The normalized spacial score (nSPS) is 9.79. The number of thioether (sulfide) groups is 1. The monoisotopic (exact) mass is 230 g/mol. The maximum atomic E-state index is 11.0. The van der Waals surface area contributed by atoms with Gasteiger partial charge in [0.2, 0.25) is 0 Å². The molecule has 1 aromatic heterocycles. The van der Waals surface area contributed by atoms with Crippen molar-refractivity contribution in [1.82, 2.24) is 0 Å². The van der Waals surface area contributed by atoms with Gasteiger partial charge in [0, 0.05) is 4.90 Å². The van der Waals surface area contributed by atoms with Crippen molar-refractivity contribution in [2.75, 3.05) is 12.4 Å². The lowest BCUT2D eigenvalue weighted by Crippen LogP contribution is -2.06. The molecule has 1 aromatic rings. The molecule has 0 saturated carbocycles. The summed E-state index contributed by atoms with van der Waals surface area (Å²) < 4.78 is 4.77. The molecule has 76 valence electrons. The highest BCUT2D eigenvalue weighted by molar-refractivity contribution is 8.00. The van der Waals surface area contributed by atoms with Crippen molar-refractivity contribution < 1.29 is 14.3 Å². The van der Waals surface area contributed by atoms with Crippen molar-refractivity contribution in [1.29, 1.82) is 0 Å². The van der Waals surface area contributed by atoms with E-state index in [9.17, 15) is 9.59 Å². The molecule has 0 aliphatic heterocycles. The highest BCUT2D eigenvalue weighted by atomic mass is 32.2. The SMILES string of the molecule is CCOC(=O)CSc1ccsc1C=O. The lowest BCUT2D eigenvalue weighted by atomic mass is 10.5. The van der Waals surface area contributed by atoms with Gasteiger partial charge in [-0.3, -0.25) is 9.59 Å². The van der Waals surface area contributed by atoms with Crippen LogP contribution in [0.15, 0.2) is 16.3 Å². The summed E-state index contributed by atoms with van der Waals surface area (Å²) >= 11 is 2.70. The predicted octanol–water partition coefficient (Wildman–Crippen LogP) is 2.22. The minimum atomic E-state index is -0.249. The maximum absolute atomic E-state index is 11.0. The van der Waals surface area contributed by atoms with Gasteiger partial charge in [-0.2, -0.15) is 0 Å². The number of hydrogen-bond acceptors (Lipinski definition) is 5. The smallest absolute Gasteiger partial charge is 0.316 e. The van der Waals surface area contributed by atoms with Crippen molar-refractivity contribution in [3.8, 4) is 0 Å². The summed E-state index contributed by atoms with van der Waals surface area (Å²) in [5.41, 5.74) is 0. The molecule has 0 N–H and O–H groups in total. The van der Waals surface area contributed by atoms with E-state index < -0.39 is 0 Å². The third-order valence-electron chi connectivity index (χ3n) is 1.42. The molecule has 14 heavy (non-hydrogen) atoms. The number of rotatable bonds is 5. The third-order valence-corrected chi connectivity index (χ3v) is 3.43. The van der Waals surface area contributed by atoms with Crippen LogP contribution in [0.4, 0.5) is 0 Å². The van der Waals surface area contributed by atoms with Gasteiger partial charge in [0.1, 0.15) is 0 Å². The predicted molar refractivity (Wildman–Crippen MR) is 57.1 cm³/mol. The molecular formula is C9H10O3S2. The topological polar surface area (TPSA) is 43.4 Å². The van der Waals surface area contributed by atoms with Crippen LogP contribution in [0.5, 0.6) is 0 Å². The van der Waals surface area contributed by atoms with Gasteiger partial charge >= 0.3 is 5.97 Å². The van der Waals surface area contributed by atoms with Crippen LogP contribution in [-0.2, 0) is 9.53 Å². The van der Waals surface area contributed by atoms with E-state index in [2.05, 4.69) is 0 Å². The molecule has 0 aromatic carbocycles. The van der Waals surface area contributed by atoms with Gasteiger partial charge in [-0.25, -0.2) is 0 Å². The van der Waals surface area contributed by atoms with Crippen molar-refractivity contribution in [2.45, 2.75) is 11.8 Å². The summed E-state index contributed by atoms with van der Waals surface area (Å²) in [4.78, 5) is 23.1. The number of carbonyl (C=O) groups is 2. The number of ether oxygens (including phenoxy) is 1. The summed E-state index contributed by atoms with van der Waals surface area (Å²) in [7, 11) is 0. The second-order valence-corrected chi connectivity index (χ2v) is 4.33. The van der Waals surface area contributed by atoms with Crippen LogP contribution in [0.3, 0.4) is 0 Å². The fourth-order valence-electron chi connectivity index (χ4n) is 0.854. The Morgan fingerprint density at radius 2 is 2.50 bits per heavy atom. The van der Waals surface area contributed by atoms with Gasteiger partial charge in [0.15, 0.2) is 6.29 Å². The van der Waals surface area contributed by atoms with Crippen molar-refractivity contribution >= 4 is 35.4 Å². The summed E-state index contributed by atoms with van der Waals surface area (Å²) in [5.74, 6) is 0.00588. The molecule has 0 aliphatic carbocycles. The summed E-state index contributed by atoms with van der Waals surface area (Å²) in [6.07, 6.45) is 0.804. The second-order valence-electron chi connectivity index (χ2n) is 2.36. The van der Waals surface area contributed by atoms with E-state index in [1.165, 1.54) is 23.1 Å². The molecule has 0 saturated heterocycles. The van der Waals surface area contributed by atoms with E-state index in [-0.39, 0.29) is 11.7 Å². The highest BCUT2D eigenvalue weighted by Gasteiger charge is 2.07. The molecule has 0 amide bonds. The number of aldehydes is 1. The molecule has 0 atom stereocenters. The standard InChI is InChI=1S/C9H10O3S2/c1-2-12-9(11)6-14-7-3-4-13-8(7)5-10/h3-5H,2,6H2,1H3. The minimum absolute atomic E-state index is 0.249. The second kappa shape index (κ2) is 5.82. The average Bonchev–Trinajstić information content (AvgIpc) is 2.62. The van der Waals surface area contributed by atoms with E-state index in [0.717, 1.165) is 11.2 Å². The van der Waals surface area contributed by atoms with Gasteiger partial charge in [-0.1, -0.05) is 0 Å². The molecule has 0 bridgehead atoms. The van der Waals surface area contributed by atoms with Gasteiger partial charge < -0.3 is 4.74 Å². The molecular weight excluding hydrogens is 220 g/mol. The summed E-state index contributed by atoms with van der Waals surface area (Å²) in [6.45, 7) is 2.16. The summed E-state index contributed by atoms with van der Waals surface area (Å²) in [5, 5.41) is 1.83. The molecule has 1 rings (SSSR count). The minimum Gasteiger partial charge on any atom is -0.465 e. The Morgan fingerprint density at radius 1 is 1.71 bits per heavy atom. The molecule has 0 fully saturated rings. The van der Waals surface area contributed by atoms with Crippen molar-refractivity contribution in [3.05, 3.63) is 16.3 Å². The van der Waals surface area contributed by atoms with Crippen LogP contribution in [-0.4, -0.2) is 24.6 Å². The quantitative estimate of drug-likeness (QED) is 0.442. The number of carbonyl (C=O) groups excluding carboxylic acids is 2. The first-order chi connectivity index (χ1) is 6.77. The molecule has 0 aliphatic rings.